The Morgan fingerprint density at radius 1 is 1.18 bits per heavy atom. The van der Waals surface area contributed by atoms with Gasteiger partial charge in [0.15, 0.2) is 4.77 Å². The van der Waals surface area contributed by atoms with E-state index in [0.717, 1.165) is 5.69 Å². The number of phenolic OH excluding ortho intramolecular Hbond substituents is 1. The van der Waals surface area contributed by atoms with Gasteiger partial charge in [-0.15, -0.1) is 0 Å². The third kappa shape index (κ3) is 2.77. The molecule has 3 N–H and O–H groups in total. The molecule has 3 aromatic rings. The van der Waals surface area contributed by atoms with Crippen LogP contribution in [-0.4, -0.2) is 20.6 Å². The van der Waals surface area contributed by atoms with Gasteiger partial charge in [0.25, 0.3) is 5.91 Å². The molecule has 6 heteroatoms. The number of phenols is 1. The molecule has 0 spiro atoms. The van der Waals surface area contributed by atoms with Gasteiger partial charge in [-0.05, 0) is 42.5 Å². The Balaban J connectivity index is 1.88. The first kappa shape index (κ1) is 14.1. The van der Waals surface area contributed by atoms with Crippen LogP contribution in [0.1, 0.15) is 10.4 Å². The SMILES string of the molecule is O=C(Nc1cccc(-n2cc[nH]c2=S)c1)c1ccccc1O. The summed E-state index contributed by atoms with van der Waals surface area (Å²) in [6, 6.07) is 13.7. The van der Waals surface area contributed by atoms with Crippen molar-refractivity contribution in [1.29, 1.82) is 0 Å². The van der Waals surface area contributed by atoms with Crippen LogP contribution < -0.4 is 5.32 Å². The maximum Gasteiger partial charge on any atom is 0.259 e. The lowest BCUT2D eigenvalue weighted by molar-refractivity contribution is 0.102. The minimum atomic E-state index is -0.368. The van der Waals surface area contributed by atoms with Gasteiger partial charge in [0.2, 0.25) is 0 Å². The Labute approximate surface area is 131 Å². The number of benzene rings is 2. The quantitative estimate of drug-likeness (QED) is 0.648. The number of amides is 1. The summed E-state index contributed by atoms with van der Waals surface area (Å²) < 4.78 is 2.37. The molecular formula is C16H13N3O2S. The van der Waals surface area contributed by atoms with Crippen LogP contribution in [0.4, 0.5) is 5.69 Å². The van der Waals surface area contributed by atoms with Crippen LogP contribution >= 0.6 is 12.2 Å². The predicted molar refractivity (Wildman–Crippen MR) is 87.0 cm³/mol. The van der Waals surface area contributed by atoms with E-state index >= 15 is 0 Å². The lowest BCUT2D eigenvalue weighted by Crippen LogP contribution is -2.12. The number of imidazole rings is 1. The number of hydrogen-bond donors (Lipinski definition) is 3. The Kier molecular flexibility index (Phi) is 3.76. The lowest BCUT2D eigenvalue weighted by atomic mass is 10.2. The van der Waals surface area contributed by atoms with E-state index in [-0.39, 0.29) is 17.2 Å². The highest BCUT2D eigenvalue weighted by Crippen LogP contribution is 2.19. The van der Waals surface area contributed by atoms with Gasteiger partial charge in [0.1, 0.15) is 5.75 Å². The first-order valence-electron chi connectivity index (χ1n) is 6.61. The van der Waals surface area contributed by atoms with Crippen molar-refractivity contribution >= 4 is 23.8 Å². The molecule has 3 rings (SSSR count). The van der Waals surface area contributed by atoms with Crippen LogP contribution in [-0.2, 0) is 0 Å². The number of carbonyl (C=O) groups is 1. The fraction of sp³-hybridized carbons (Fsp3) is 0. The van der Waals surface area contributed by atoms with E-state index in [1.165, 1.54) is 6.07 Å². The van der Waals surface area contributed by atoms with Crippen LogP contribution in [0, 0.1) is 4.77 Å². The topological polar surface area (TPSA) is 70.0 Å². The summed E-state index contributed by atoms with van der Waals surface area (Å²) in [5, 5.41) is 12.5. The van der Waals surface area contributed by atoms with Crippen molar-refractivity contribution in [2.24, 2.45) is 0 Å². The van der Waals surface area contributed by atoms with Gasteiger partial charge in [-0.2, -0.15) is 0 Å². The molecule has 0 saturated heterocycles. The van der Waals surface area contributed by atoms with Crippen molar-refractivity contribution < 1.29 is 9.90 Å². The number of carbonyl (C=O) groups excluding carboxylic acids is 1. The van der Waals surface area contributed by atoms with Crippen molar-refractivity contribution in [3.05, 3.63) is 71.3 Å². The molecule has 0 aliphatic heterocycles. The number of hydrogen-bond acceptors (Lipinski definition) is 3. The fourth-order valence-corrected chi connectivity index (χ4v) is 2.36. The van der Waals surface area contributed by atoms with Gasteiger partial charge < -0.3 is 15.4 Å². The van der Waals surface area contributed by atoms with Crippen molar-refractivity contribution in [2.45, 2.75) is 0 Å². The predicted octanol–water partition coefficient (Wildman–Crippen LogP) is 3.49. The zero-order valence-corrected chi connectivity index (χ0v) is 12.3. The number of H-pyrrole nitrogens is 1. The number of anilines is 1. The molecule has 0 radical (unpaired) electrons. The van der Waals surface area contributed by atoms with Gasteiger partial charge in [-0.3, -0.25) is 9.36 Å². The molecule has 0 fully saturated rings. The number of nitrogens with one attached hydrogen (secondary N) is 2. The highest BCUT2D eigenvalue weighted by atomic mass is 32.1. The van der Waals surface area contributed by atoms with E-state index in [2.05, 4.69) is 10.3 Å². The van der Waals surface area contributed by atoms with Gasteiger partial charge in [-0.25, -0.2) is 0 Å². The summed E-state index contributed by atoms with van der Waals surface area (Å²) in [4.78, 5) is 15.1. The molecule has 5 nitrogen and oxygen atoms in total. The first-order valence-corrected chi connectivity index (χ1v) is 7.02. The highest BCUT2D eigenvalue weighted by Gasteiger charge is 2.10. The first-order chi connectivity index (χ1) is 10.6. The smallest absolute Gasteiger partial charge is 0.259 e. The highest BCUT2D eigenvalue weighted by molar-refractivity contribution is 7.71. The number of rotatable bonds is 3. The van der Waals surface area contributed by atoms with Crippen LogP contribution in [0.2, 0.25) is 0 Å². The van der Waals surface area contributed by atoms with E-state index in [1.807, 2.05) is 24.4 Å². The standard InChI is InChI=1S/C16H13N3O2S/c20-14-7-2-1-6-13(14)15(21)18-11-4-3-5-12(10-11)19-9-8-17-16(19)22/h1-10,20H,(H,17,22)(H,18,21). The summed E-state index contributed by atoms with van der Waals surface area (Å²) in [5.74, 6) is -0.420. The van der Waals surface area contributed by atoms with E-state index < -0.39 is 0 Å². The lowest BCUT2D eigenvalue weighted by Gasteiger charge is -2.09. The molecule has 110 valence electrons. The molecule has 1 aromatic heterocycles. The molecule has 0 aliphatic rings. The monoisotopic (exact) mass is 311 g/mol. The third-order valence-electron chi connectivity index (χ3n) is 3.18. The maximum absolute atomic E-state index is 12.2. The molecule has 1 heterocycles. The average Bonchev–Trinajstić information content (AvgIpc) is 2.94. The second-order valence-electron chi connectivity index (χ2n) is 4.66. The summed E-state index contributed by atoms with van der Waals surface area (Å²) in [6.07, 6.45) is 3.56. The van der Waals surface area contributed by atoms with Gasteiger partial charge in [0.05, 0.1) is 5.56 Å². The van der Waals surface area contributed by atoms with Gasteiger partial charge in [0, 0.05) is 23.8 Å². The molecule has 1 amide bonds. The van der Waals surface area contributed by atoms with Crippen LogP contribution in [0.3, 0.4) is 0 Å². The number of aromatic amines is 1. The van der Waals surface area contributed by atoms with Crippen molar-refractivity contribution in [3.63, 3.8) is 0 Å². The summed E-state index contributed by atoms with van der Waals surface area (Å²) in [7, 11) is 0. The Morgan fingerprint density at radius 3 is 2.73 bits per heavy atom. The molecule has 0 atom stereocenters. The molecule has 0 aliphatic carbocycles. The average molecular weight is 311 g/mol. The van der Waals surface area contributed by atoms with Crippen LogP contribution in [0.15, 0.2) is 60.9 Å². The van der Waals surface area contributed by atoms with E-state index in [0.29, 0.717) is 10.5 Å². The zero-order chi connectivity index (χ0) is 15.5. The molecule has 22 heavy (non-hydrogen) atoms. The van der Waals surface area contributed by atoms with E-state index in [9.17, 15) is 9.90 Å². The molecule has 0 bridgehead atoms. The zero-order valence-electron chi connectivity index (χ0n) is 11.5. The molecular weight excluding hydrogens is 298 g/mol. The molecule has 0 saturated carbocycles. The molecule has 0 unspecified atom stereocenters. The summed E-state index contributed by atoms with van der Waals surface area (Å²) in [6.45, 7) is 0. The van der Waals surface area contributed by atoms with Gasteiger partial charge >= 0.3 is 0 Å². The minimum absolute atomic E-state index is 0.0518. The van der Waals surface area contributed by atoms with E-state index in [1.54, 1.807) is 35.0 Å². The maximum atomic E-state index is 12.2. The Bertz CT molecular complexity index is 883. The third-order valence-corrected chi connectivity index (χ3v) is 3.49. The van der Waals surface area contributed by atoms with E-state index in [4.69, 9.17) is 12.2 Å². The van der Waals surface area contributed by atoms with Crippen molar-refractivity contribution in [1.82, 2.24) is 9.55 Å². The summed E-state index contributed by atoms with van der Waals surface area (Å²) >= 11 is 5.18. The molecule has 2 aromatic carbocycles. The minimum Gasteiger partial charge on any atom is -0.507 e. The van der Waals surface area contributed by atoms with Crippen molar-refractivity contribution in [3.8, 4) is 11.4 Å². The Hall–Kier alpha value is -2.86. The second kappa shape index (κ2) is 5.87. The van der Waals surface area contributed by atoms with Crippen LogP contribution in [0.25, 0.3) is 5.69 Å². The second-order valence-corrected chi connectivity index (χ2v) is 5.04. The number of nitrogens with zero attached hydrogens (tertiary/aromatic N) is 1. The van der Waals surface area contributed by atoms with Crippen molar-refractivity contribution in [2.75, 3.05) is 5.32 Å². The normalized spacial score (nSPS) is 10.4. The largest absolute Gasteiger partial charge is 0.507 e. The van der Waals surface area contributed by atoms with Gasteiger partial charge in [-0.1, -0.05) is 18.2 Å². The number of aromatic hydroxyl groups is 1. The summed E-state index contributed by atoms with van der Waals surface area (Å²) in [5.41, 5.74) is 1.68. The number of para-hydroxylation sites is 1. The Morgan fingerprint density at radius 2 is 2.00 bits per heavy atom. The van der Waals surface area contributed by atoms with Crippen LogP contribution in [0.5, 0.6) is 5.75 Å². The number of aromatic nitrogens is 2. The fourth-order valence-electron chi connectivity index (χ4n) is 2.12.